The number of hydrogen-bond donors (Lipinski definition) is 2. The largest absolute Gasteiger partial charge is 0.459 e. The molecule has 4 heteroatoms. The summed E-state index contributed by atoms with van der Waals surface area (Å²) >= 11 is 0. The number of furan rings is 1. The molecular weight excluding hydrogens is 262 g/mol. The van der Waals surface area contributed by atoms with Crippen LogP contribution in [-0.4, -0.2) is 24.5 Å². The van der Waals surface area contributed by atoms with Crippen LogP contribution in [0.2, 0.25) is 0 Å². The van der Waals surface area contributed by atoms with Crippen LogP contribution in [0.5, 0.6) is 0 Å². The molecule has 4 nitrogen and oxygen atoms in total. The quantitative estimate of drug-likeness (QED) is 0.670. The number of rotatable bonds is 4. The normalized spacial score (nSPS) is 20.0. The lowest BCUT2D eigenvalue weighted by Crippen LogP contribution is -2.56. The van der Waals surface area contributed by atoms with Gasteiger partial charge in [-0.05, 0) is 39.1 Å². The standard InChI is InChI=1S/C17H25N3O/c1-20(2)17(10-6-3-7-11-17)16(19-18)15-12-13-8-4-5-9-14(13)21-15/h4-5,8-9,12,16,19H,3,6-7,10-11,18H2,1-2H3. The number of likely N-dealkylation sites (N-methyl/N-ethyl adjacent to an activating group) is 1. The topological polar surface area (TPSA) is 54.4 Å². The molecule has 1 aromatic heterocycles. The maximum Gasteiger partial charge on any atom is 0.134 e. The molecule has 1 heterocycles. The summed E-state index contributed by atoms with van der Waals surface area (Å²) in [6, 6.07) is 10.3. The van der Waals surface area contributed by atoms with Crippen molar-refractivity contribution in [2.45, 2.75) is 43.7 Å². The molecule has 2 aromatic rings. The van der Waals surface area contributed by atoms with Gasteiger partial charge in [-0.25, -0.2) is 5.43 Å². The molecule has 0 bridgehead atoms. The van der Waals surface area contributed by atoms with Crippen molar-refractivity contribution in [1.29, 1.82) is 0 Å². The summed E-state index contributed by atoms with van der Waals surface area (Å²) in [6.45, 7) is 0. The Morgan fingerprint density at radius 3 is 2.52 bits per heavy atom. The summed E-state index contributed by atoms with van der Waals surface area (Å²) in [4.78, 5) is 2.32. The SMILES string of the molecule is CN(C)C1(C(NN)c2cc3ccccc3o2)CCCCC1. The third-order valence-corrected chi connectivity index (χ3v) is 5.04. The first-order chi connectivity index (χ1) is 10.2. The Balaban J connectivity index is 2.02. The first-order valence-electron chi connectivity index (χ1n) is 7.79. The van der Waals surface area contributed by atoms with Gasteiger partial charge in [-0.3, -0.25) is 5.84 Å². The molecule has 0 saturated heterocycles. The van der Waals surface area contributed by atoms with Gasteiger partial charge in [0.2, 0.25) is 0 Å². The van der Waals surface area contributed by atoms with Crippen molar-refractivity contribution in [2.24, 2.45) is 5.84 Å². The summed E-state index contributed by atoms with van der Waals surface area (Å²) in [7, 11) is 4.30. The van der Waals surface area contributed by atoms with Crippen molar-refractivity contribution in [3.63, 3.8) is 0 Å². The van der Waals surface area contributed by atoms with Crippen LogP contribution in [0, 0.1) is 0 Å². The van der Waals surface area contributed by atoms with Crippen molar-refractivity contribution < 1.29 is 4.42 Å². The predicted octanol–water partition coefficient (Wildman–Crippen LogP) is 3.20. The van der Waals surface area contributed by atoms with Gasteiger partial charge in [0.1, 0.15) is 11.3 Å². The molecule has 1 fully saturated rings. The molecule has 0 amide bonds. The maximum atomic E-state index is 6.08. The van der Waals surface area contributed by atoms with Crippen LogP contribution in [0.15, 0.2) is 34.7 Å². The average Bonchev–Trinajstić information content (AvgIpc) is 2.92. The zero-order chi connectivity index (χ0) is 14.9. The lowest BCUT2D eigenvalue weighted by atomic mass is 9.74. The second kappa shape index (κ2) is 5.79. The Morgan fingerprint density at radius 1 is 1.19 bits per heavy atom. The van der Waals surface area contributed by atoms with Crippen molar-refractivity contribution >= 4 is 11.0 Å². The number of para-hydroxylation sites is 1. The fraction of sp³-hybridized carbons (Fsp3) is 0.529. The molecule has 114 valence electrons. The van der Waals surface area contributed by atoms with Gasteiger partial charge in [0.25, 0.3) is 0 Å². The molecule has 1 aliphatic rings. The van der Waals surface area contributed by atoms with E-state index in [1.807, 2.05) is 18.2 Å². The van der Waals surface area contributed by atoms with Gasteiger partial charge in [-0.15, -0.1) is 0 Å². The lowest BCUT2D eigenvalue weighted by Gasteiger charge is -2.47. The third kappa shape index (κ3) is 2.48. The number of nitrogens with two attached hydrogens (primary N) is 1. The van der Waals surface area contributed by atoms with Crippen LogP contribution in [0.25, 0.3) is 11.0 Å². The number of nitrogens with zero attached hydrogens (tertiary/aromatic N) is 1. The van der Waals surface area contributed by atoms with Crippen LogP contribution >= 0.6 is 0 Å². The van der Waals surface area contributed by atoms with Gasteiger partial charge in [0, 0.05) is 10.9 Å². The molecule has 1 aliphatic carbocycles. The van der Waals surface area contributed by atoms with E-state index in [0.717, 1.165) is 29.6 Å². The zero-order valence-electron chi connectivity index (χ0n) is 12.9. The van der Waals surface area contributed by atoms with E-state index in [1.165, 1.54) is 19.3 Å². The van der Waals surface area contributed by atoms with Gasteiger partial charge in [0.15, 0.2) is 0 Å². The zero-order valence-corrected chi connectivity index (χ0v) is 12.9. The van der Waals surface area contributed by atoms with E-state index < -0.39 is 0 Å². The van der Waals surface area contributed by atoms with E-state index >= 15 is 0 Å². The van der Waals surface area contributed by atoms with Crippen LogP contribution in [0.4, 0.5) is 0 Å². The Labute approximate surface area is 126 Å². The smallest absolute Gasteiger partial charge is 0.134 e. The summed E-state index contributed by atoms with van der Waals surface area (Å²) < 4.78 is 6.08. The highest BCUT2D eigenvalue weighted by atomic mass is 16.3. The van der Waals surface area contributed by atoms with E-state index in [1.54, 1.807) is 0 Å². The minimum Gasteiger partial charge on any atom is -0.459 e. The van der Waals surface area contributed by atoms with Crippen molar-refractivity contribution in [1.82, 2.24) is 10.3 Å². The second-order valence-electron chi connectivity index (χ2n) is 6.34. The van der Waals surface area contributed by atoms with E-state index in [4.69, 9.17) is 10.3 Å². The molecule has 3 rings (SSSR count). The highest BCUT2D eigenvalue weighted by molar-refractivity contribution is 5.77. The molecular formula is C17H25N3O. The Hall–Kier alpha value is -1.36. The average molecular weight is 287 g/mol. The minimum atomic E-state index is 0.0141. The highest BCUT2D eigenvalue weighted by Crippen LogP contribution is 2.42. The molecule has 1 unspecified atom stereocenters. The number of hydrazine groups is 1. The van der Waals surface area contributed by atoms with Gasteiger partial charge in [-0.1, -0.05) is 37.5 Å². The summed E-state index contributed by atoms with van der Waals surface area (Å²) in [5.74, 6) is 6.88. The Morgan fingerprint density at radius 2 is 1.90 bits per heavy atom. The number of benzene rings is 1. The number of nitrogens with one attached hydrogen (secondary N) is 1. The van der Waals surface area contributed by atoms with E-state index in [9.17, 15) is 0 Å². The molecule has 1 saturated carbocycles. The molecule has 21 heavy (non-hydrogen) atoms. The Bertz CT molecular complexity index is 566. The minimum absolute atomic E-state index is 0.0141. The fourth-order valence-electron chi connectivity index (χ4n) is 3.80. The molecule has 0 aliphatic heterocycles. The van der Waals surface area contributed by atoms with E-state index in [0.29, 0.717) is 0 Å². The van der Waals surface area contributed by atoms with E-state index in [2.05, 4.69) is 36.6 Å². The highest BCUT2D eigenvalue weighted by Gasteiger charge is 2.43. The third-order valence-electron chi connectivity index (χ3n) is 5.04. The van der Waals surface area contributed by atoms with Crippen LogP contribution in [-0.2, 0) is 0 Å². The number of hydrogen-bond acceptors (Lipinski definition) is 4. The first kappa shape index (κ1) is 14.6. The number of fused-ring (bicyclic) bond motifs is 1. The van der Waals surface area contributed by atoms with Gasteiger partial charge >= 0.3 is 0 Å². The summed E-state index contributed by atoms with van der Waals surface area (Å²) in [5.41, 5.74) is 3.99. The van der Waals surface area contributed by atoms with Crippen molar-refractivity contribution in [3.8, 4) is 0 Å². The molecule has 1 atom stereocenters. The monoisotopic (exact) mass is 287 g/mol. The summed E-state index contributed by atoms with van der Waals surface area (Å²) in [6.07, 6.45) is 6.10. The molecule has 0 spiro atoms. The second-order valence-corrected chi connectivity index (χ2v) is 6.34. The van der Waals surface area contributed by atoms with Crippen molar-refractivity contribution in [2.75, 3.05) is 14.1 Å². The molecule has 0 radical (unpaired) electrons. The van der Waals surface area contributed by atoms with Crippen LogP contribution < -0.4 is 11.3 Å². The van der Waals surface area contributed by atoms with Gasteiger partial charge < -0.3 is 9.32 Å². The van der Waals surface area contributed by atoms with Crippen LogP contribution in [0.1, 0.15) is 43.9 Å². The molecule has 3 N–H and O–H groups in total. The van der Waals surface area contributed by atoms with Crippen molar-refractivity contribution in [3.05, 3.63) is 36.1 Å². The van der Waals surface area contributed by atoms with E-state index in [-0.39, 0.29) is 11.6 Å². The Kier molecular flexibility index (Phi) is 4.02. The molecule has 1 aromatic carbocycles. The lowest BCUT2D eigenvalue weighted by molar-refractivity contribution is 0.0486. The van der Waals surface area contributed by atoms with Gasteiger partial charge in [0.05, 0.1) is 6.04 Å². The van der Waals surface area contributed by atoms with Gasteiger partial charge in [-0.2, -0.15) is 0 Å². The maximum absolute atomic E-state index is 6.08. The first-order valence-corrected chi connectivity index (χ1v) is 7.79. The van der Waals surface area contributed by atoms with Crippen LogP contribution in [0.3, 0.4) is 0 Å². The summed E-state index contributed by atoms with van der Waals surface area (Å²) in [5, 5.41) is 1.14. The predicted molar refractivity (Wildman–Crippen MR) is 85.8 cm³/mol. The fourth-order valence-corrected chi connectivity index (χ4v) is 3.80.